The number of amides is 1. The van der Waals surface area contributed by atoms with Gasteiger partial charge in [-0.15, -0.1) is 0 Å². The van der Waals surface area contributed by atoms with Crippen molar-refractivity contribution in [3.8, 4) is 11.3 Å². The number of ether oxygens (including phenoxy) is 1. The van der Waals surface area contributed by atoms with E-state index in [9.17, 15) is 23.5 Å². The molecule has 3 aliphatic heterocycles. The van der Waals surface area contributed by atoms with Crippen LogP contribution in [0.15, 0.2) is 30.6 Å². The van der Waals surface area contributed by atoms with Crippen LogP contribution in [0.4, 0.5) is 20.3 Å². The molecule has 1 fully saturated rings. The molecule has 7 rings (SSSR count). The molecular formula is C30H31F2N7O4. The SMILES string of the molecule is CC(=O)N1CCc2c(c(N3CCCc4cc(-c5ccn6c(C(=O)O)cnc6n5)c(C(F)F)cc43)nn2C2CCOCC2)C1. The van der Waals surface area contributed by atoms with Gasteiger partial charge < -0.3 is 19.6 Å². The number of hydrogen-bond acceptors (Lipinski definition) is 7. The van der Waals surface area contributed by atoms with Gasteiger partial charge in [-0.1, -0.05) is 0 Å². The van der Waals surface area contributed by atoms with Gasteiger partial charge in [-0.2, -0.15) is 5.10 Å². The van der Waals surface area contributed by atoms with Crippen LogP contribution in [0.25, 0.3) is 17.0 Å². The number of aromatic carboxylic acids is 1. The molecule has 0 atom stereocenters. The van der Waals surface area contributed by atoms with Crippen LogP contribution in [0.3, 0.4) is 0 Å². The lowest BCUT2D eigenvalue weighted by Crippen LogP contribution is -2.36. The van der Waals surface area contributed by atoms with Gasteiger partial charge in [-0.25, -0.2) is 23.5 Å². The van der Waals surface area contributed by atoms with Gasteiger partial charge in [0.2, 0.25) is 11.7 Å². The molecule has 6 heterocycles. The number of fused-ring (bicyclic) bond motifs is 3. The highest BCUT2D eigenvalue weighted by Gasteiger charge is 2.34. The van der Waals surface area contributed by atoms with Gasteiger partial charge in [0.25, 0.3) is 6.43 Å². The predicted molar refractivity (Wildman–Crippen MR) is 152 cm³/mol. The second-order valence-electron chi connectivity index (χ2n) is 11.3. The first-order chi connectivity index (χ1) is 20.8. The quantitative estimate of drug-likeness (QED) is 0.359. The Kier molecular flexibility index (Phi) is 6.83. The van der Waals surface area contributed by atoms with Crippen LogP contribution in [0, 0.1) is 0 Å². The van der Waals surface area contributed by atoms with Crippen molar-refractivity contribution in [1.29, 1.82) is 0 Å². The Morgan fingerprint density at radius 2 is 1.95 bits per heavy atom. The molecule has 3 aliphatic rings. The zero-order valence-corrected chi connectivity index (χ0v) is 23.7. The van der Waals surface area contributed by atoms with Gasteiger partial charge in [0, 0.05) is 73.9 Å². The molecule has 0 bridgehead atoms. The number of anilines is 2. The highest BCUT2D eigenvalue weighted by Crippen LogP contribution is 2.43. The van der Waals surface area contributed by atoms with E-state index >= 15 is 0 Å². The molecule has 224 valence electrons. The second kappa shape index (κ2) is 10.7. The number of carbonyl (C=O) groups excluding carboxylic acids is 1. The number of carboxylic acid groups (broad SMARTS) is 1. The first-order valence-electron chi connectivity index (χ1n) is 14.5. The summed E-state index contributed by atoms with van der Waals surface area (Å²) in [6, 6.07) is 5.04. The van der Waals surface area contributed by atoms with Gasteiger partial charge in [0.1, 0.15) is 0 Å². The van der Waals surface area contributed by atoms with Crippen LogP contribution < -0.4 is 4.90 Å². The molecule has 43 heavy (non-hydrogen) atoms. The highest BCUT2D eigenvalue weighted by atomic mass is 19.3. The van der Waals surface area contributed by atoms with E-state index in [-0.39, 0.29) is 34.5 Å². The third kappa shape index (κ3) is 4.71. The van der Waals surface area contributed by atoms with Crippen LogP contribution in [0.2, 0.25) is 0 Å². The Morgan fingerprint density at radius 3 is 2.70 bits per heavy atom. The van der Waals surface area contributed by atoms with Crippen molar-refractivity contribution in [2.45, 2.75) is 58.0 Å². The molecule has 1 aromatic carbocycles. The number of aryl methyl sites for hydroxylation is 1. The maximum Gasteiger partial charge on any atom is 0.354 e. The van der Waals surface area contributed by atoms with Gasteiger partial charge >= 0.3 is 5.97 Å². The normalized spacial score (nSPS) is 17.4. The van der Waals surface area contributed by atoms with Crippen molar-refractivity contribution in [2.75, 3.05) is 31.2 Å². The van der Waals surface area contributed by atoms with Crippen LogP contribution in [-0.2, 0) is 28.9 Å². The fourth-order valence-corrected chi connectivity index (χ4v) is 6.60. The summed E-state index contributed by atoms with van der Waals surface area (Å²) >= 11 is 0. The standard InChI is InChI=1S/C30H31F2N7O4/c1-17(40)36-9-5-24-22(16-36)28(35-39(24)19-6-11-43-12-7-19)37-8-2-3-18-13-20(21(27(31)32)14-25(18)37)23-4-10-38-26(29(41)42)15-33-30(38)34-23/h4,10,13-15,19,27H,2-3,5-9,11-12,16H2,1H3,(H,41,42). The monoisotopic (exact) mass is 591 g/mol. The molecule has 3 aromatic heterocycles. The number of nitrogens with zero attached hydrogens (tertiary/aromatic N) is 7. The summed E-state index contributed by atoms with van der Waals surface area (Å²) in [5.74, 6) is -0.317. The number of benzene rings is 1. The number of carboxylic acids is 1. The predicted octanol–water partition coefficient (Wildman–Crippen LogP) is 4.57. The number of hydrogen-bond donors (Lipinski definition) is 1. The van der Waals surface area contributed by atoms with Crippen molar-refractivity contribution >= 4 is 29.2 Å². The summed E-state index contributed by atoms with van der Waals surface area (Å²) in [6.45, 7) is 4.56. The number of imidazole rings is 1. The first kappa shape index (κ1) is 27.4. The van der Waals surface area contributed by atoms with Gasteiger partial charge in [-0.05, 0) is 49.4 Å². The lowest BCUT2D eigenvalue weighted by molar-refractivity contribution is -0.129. The van der Waals surface area contributed by atoms with Crippen molar-refractivity contribution in [1.82, 2.24) is 29.0 Å². The van der Waals surface area contributed by atoms with E-state index in [0.717, 1.165) is 41.9 Å². The minimum Gasteiger partial charge on any atom is -0.477 e. The molecule has 0 radical (unpaired) electrons. The molecule has 0 unspecified atom stereocenters. The Balaban J connectivity index is 1.33. The number of aromatic nitrogens is 5. The topological polar surface area (TPSA) is 118 Å². The zero-order chi connectivity index (χ0) is 29.8. The Bertz CT molecular complexity index is 1740. The van der Waals surface area contributed by atoms with Gasteiger partial charge in [-0.3, -0.25) is 13.9 Å². The minimum absolute atomic E-state index is 0.00323. The molecule has 0 saturated carbocycles. The van der Waals surface area contributed by atoms with Crippen LogP contribution in [0.5, 0.6) is 0 Å². The number of carbonyl (C=O) groups is 2. The van der Waals surface area contributed by atoms with Gasteiger partial charge in [0.15, 0.2) is 11.5 Å². The van der Waals surface area contributed by atoms with Crippen molar-refractivity contribution < 1.29 is 28.2 Å². The lowest BCUT2D eigenvalue weighted by Gasteiger charge is -2.33. The van der Waals surface area contributed by atoms with E-state index in [4.69, 9.17) is 9.84 Å². The fraction of sp³-hybridized carbons (Fsp3) is 0.433. The van der Waals surface area contributed by atoms with Crippen molar-refractivity contribution in [2.24, 2.45) is 0 Å². The Morgan fingerprint density at radius 1 is 1.14 bits per heavy atom. The molecule has 0 spiro atoms. The van der Waals surface area contributed by atoms with E-state index in [1.54, 1.807) is 19.1 Å². The number of halogens is 2. The summed E-state index contributed by atoms with van der Waals surface area (Å²) in [7, 11) is 0. The highest BCUT2D eigenvalue weighted by molar-refractivity contribution is 5.86. The zero-order valence-electron chi connectivity index (χ0n) is 23.7. The smallest absolute Gasteiger partial charge is 0.354 e. The van der Waals surface area contributed by atoms with E-state index in [1.165, 1.54) is 22.9 Å². The van der Waals surface area contributed by atoms with Gasteiger partial charge in [0.05, 0.1) is 24.5 Å². The summed E-state index contributed by atoms with van der Waals surface area (Å²) in [5.41, 5.74) is 4.01. The maximum atomic E-state index is 14.7. The molecule has 1 N–H and O–H groups in total. The fourth-order valence-electron chi connectivity index (χ4n) is 6.60. The van der Waals surface area contributed by atoms with Crippen LogP contribution in [-0.4, -0.2) is 72.3 Å². The first-order valence-corrected chi connectivity index (χ1v) is 14.5. The molecule has 13 heteroatoms. The van der Waals surface area contributed by atoms with E-state index in [0.29, 0.717) is 57.1 Å². The number of alkyl halides is 2. The van der Waals surface area contributed by atoms with E-state index in [2.05, 4.69) is 14.6 Å². The summed E-state index contributed by atoms with van der Waals surface area (Å²) in [5, 5.41) is 14.5. The minimum atomic E-state index is -2.78. The van der Waals surface area contributed by atoms with Crippen molar-refractivity contribution in [3.63, 3.8) is 0 Å². The lowest BCUT2D eigenvalue weighted by atomic mass is 9.93. The molecule has 1 amide bonds. The van der Waals surface area contributed by atoms with E-state index < -0.39 is 12.4 Å². The summed E-state index contributed by atoms with van der Waals surface area (Å²) in [6.07, 6.45) is 3.78. The average molecular weight is 592 g/mol. The Hall–Kier alpha value is -4.39. The second-order valence-corrected chi connectivity index (χ2v) is 11.3. The van der Waals surface area contributed by atoms with E-state index in [1.807, 2.05) is 9.80 Å². The van der Waals surface area contributed by atoms with Crippen LogP contribution >= 0.6 is 0 Å². The van der Waals surface area contributed by atoms with Crippen molar-refractivity contribution in [3.05, 3.63) is 58.7 Å². The molecule has 1 saturated heterocycles. The molecule has 11 nitrogen and oxygen atoms in total. The molecular weight excluding hydrogens is 560 g/mol. The third-order valence-corrected chi connectivity index (χ3v) is 8.78. The summed E-state index contributed by atoms with van der Waals surface area (Å²) in [4.78, 5) is 36.2. The Labute approximate surface area is 245 Å². The largest absolute Gasteiger partial charge is 0.477 e. The third-order valence-electron chi connectivity index (χ3n) is 8.78. The maximum absolute atomic E-state index is 14.7. The molecule has 4 aromatic rings. The summed E-state index contributed by atoms with van der Waals surface area (Å²) < 4.78 is 38.4. The number of rotatable bonds is 5. The van der Waals surface area contributed by atoms with Crippen LogP contribution in [0.1, 0.15) is 71.5 Å². The molecule has 0 aliphatic carbocycles. The average Bonchev–Trinajstić information content (AvgIpc) is 3.62.